The van der Waals surface area contributed by atoms with Crippen molar-refractivity contribution in [1.82, 2.24) is 4.90 Å². The fraction of sp³-hybridized carbons (Fsp3) is 0.700. The van der Waals surface area contributed by atoms with Gasteiger partial charge in [-0.15, -0.1) is 0 Å². The zero-order valence-corrected chi connectivity index (χ0v) is 8.16. The third kappa shape index (κ3) is 3.59. The van der Waals surface area contributed by atoms with Crippen LogP contribution in [0.25, 0.3) is 0 Å². The summed E-state index contributed by atoms with van der Waals surface area (Å²) >= 11 is 0. The van der Waals surface area contributed by atoms with Gasteiger partial charge in [-0.2, -0.15) is 0 Å². The van der Waals surface area contributed by atoms with Crippen LogP contribution in [0.4, 0.5) is 0 Å². The van der Waals surface area contributed by atoms with Gasteiger partial charge in [-0.3, -0.25) is 0 Å². The van der Waals surface area contributed by atoms with Crippen LogP contribution in [0.3, 0.4) is 0 Å². The maximum Gasteiger partial charge on any atom is 0.330 e. The SMILES string of the molecule is C=CC(=O)OCCC1CCN(C)C1. The largest absolute Gasteiger partial charge is 0.463 e. The first-order valence-electron chi connectivity index (χ1n) is 4.70. The maximum atomic E-state index is 10.7. The molecule has 0 N–H and O–H groups in total. The van der Waals surface area contributed by atoms with Crippen molar-refractivity contribution in [2.24, 2.45) is 5.92 Å². The normalized spacial score (nSPS) is 23.0. The molecule has 0 bridgehead atoms. The van der Waals surface area contributed by atoms with Crippen molar-refractivity contribution in [1.29, 1.82) is 0 Å². The quantitative estimate of drug-likeness (QED) is 0.482. The summed E-state index contributed by atoms with van der Waals surface area (Å²) < 4.78 is 4.91. The molecule has 0 amide bonds. The molecule has 0 aromatic rings. The van der Waals surface area contributed by atoms with E-state index in [4.69, 9.17) is 4.74 Å². The van der Waals surface area contributed by atoms with E-state index in [1.54, 1.807) is 0 Å². The van der Waals surface area contributed by atoms with Crippen LogP contribution < -0.4 is 0 Å². The van der Waals surface area contributed by atoms with E-state index in [1.807, 2.05) is 0 Å². The summed E-state index contributed by atoms with van der Waals surface area (Å²) in [7, 11) is 2.12. The predicted molar refractivity (Wildman–Crippen MR) is 51.4 cm³/mol. The van der Waals surface area contributed by atoms with Crippen LogP contribution in [0, 0.1) is 5.92 Å². The van der Waals surface area contributed by atoms with E-state index in [0.717, 1.165) is 13.0 Å². The predicted octanol–water partition coefficient (Wildman–Crippen LogP) is 1.06. The van der Waals surface area contributed by atoms with Gasteiger partial charge >= 0.3 is 5.97 Å². The molecule has 0 radical (unpaired) electrons. The van der Waals surface area contributed by atoms with E-state index in [2.05, 4.69) is 18.5 Å². The Bertz CT molecular complexity index is 191. The summed E-state index contributed by atoms with van der Waals surface area (Å²) in [5, 5.41) is 0. The second-order valence-electron chi connectivity index (χ2n) is 3.58. The number of esters is 1. The highest BCUT2D eigenvalue weighted by atomic mass is 16.5. The molecule has 0 saturated carbocycles. The third-order valence-electron chi connectivity index (χ3n) is 2.43. The lowest BCUT2D eigenvalue weighted by molar-refractivity contribution is -0.138. The average molecular weight is 183 g/mol. The number of ether oxygens (including phenoxy) is 1. The molecule has 1 unspecified atom stereocenters. The van der Waals surface area contributed by atoms with Gasteiger partial charge in [-0.25, -0.2) is 4.79 Å². The number of carbonyl (C=O) groups is 1. The summed E-state index contributed by atoms with van der Waals surface area (Å²) in [6.45, 7) is 6.17. The van der Waals surface area contributed by atoms with Crippen LogP contribution in [-0.4, -0.2) is 37.6 Å². The van der Waals surface area contributed by atoms with E-state index in [0.29, 0.717) is 12.5 Å². The van der Waals surface area contributed by atoms with Crippen molar-refractivity contribution in [2.75, 3.05) is 26.7 Å². The number of nitrogens with zero attached hydrogens (tertiary/aromatic N) is 1. The Morgan fingerprint density at radius 2 is 2.54 bits per heavy atom. The molecule has 0 spiro atoms. The van der Waals surface area contributed by atoms with Crippen LogP contribution in [-0.2, 0) is 9.53 Å². The molecular formula is C10H17NO2. The van der Waals surface area contributed by atoms with Crippen molar-refractivity contribution in [3.8, 4) is 0 Å². The molecular weight excluding hydrogens is 166 g/mol. The van der Waals surface area contributed by atoms with Crippen molar-refractivity contribution in [3.05, 3.63) is 12.7 Å². The number of hydrogen-bond acceptors (Lipinski definition) is 3. The van der Waals surface area contributed by atoms with E-state index >= 15 is 0 Å². The molecule has 1 aliphatic heterocycles. The van der Waals surface area contributed by atoms with Crippen LogP contribution in [0.15, 0.2) is 12.7 Å². The van der Waals surface area contributed by atoms with Gasteiger partial charge in [-0.05, 0) is 32.4 Å². The summed E-state index contributed by atoms with van der Waals surface area (Å²) in [5.41, 5.74) is 0. The number of likely N-dealkylation sites (tertiary alicyclic amines) is 1. The monoisotopic (exact) mass is 183 g/mol. The van der Waals surface area contributed by atoms with Gasteiger partial charge in [0, 0.05) is 12.6 Å². The summed E-state index contributed by atoms with van der Waals surface area (Å²) in [4.78, 5) is 13.0. The minimum absolute atomic E-state index is 0.314. The summed E-state index contributed by atoms with van der Waals surface area (Å²) in [6, 6.07) is 0. The fourth-order valence-electron chi connectivity index (χ4n) is 1.65. The molecule has 0 aromatic carbocycles. The molecule has 1 aliphatic rings. The Morgan fingerprint density at radius 1 is 1.77 bits per heavy atom. The second kappa shape index (κ2) is 5.02. The van der Waals surface area contributed by atoms with Crippen molar-refractivity contribution in [3.63, 3.8) is 0 Å². The van der Waals surface area contributed by atoms with Crippen molar-refractivity contribution < 1.29 is 9.53 Å². The Morgan fingerprint density at radius 3 is 3.08 bits per heavy atom. The molecule has 0 aliphatic carbocycles. The highest BCUT2D eigenvalue weighted by molar-refractivity contribution is 5.81. The van der Waals surface area contributed by atoms with Crippen LogP contribution >= 0.6 is 0 Å². The molecule has 1 heterocycles. The Hall–Kier alpha value is -0.830. The lowest BCUT2D eigenvalue weighted by atomic mass is 10.1. The maximum absolute atomic E-state index is 10.7. The Balaban J connectivity index is 2.06. The van der Waals surface area contributed by atoms with Crippen molar-refractivity contribution in [2.45, 2.75) is 12.8 Å². The minimum atomic E-state index is -0.314. The van der Waals surface area contributed by atoms with Gasteiger partial charge in [0.15, 0.2) is 0 Å². The molecule has 1 atom stereocenters. The molecule has 13 heavy (non-hydrogen) atoms. The Kier molecular flexibility index (Phi) is 3.96. The number of hydrogen-bond donors (Lipinski definition) is 0. The van der Waals surface area contributed by atoms with Gasteiger partial charge in [0.05, 0.1) is 6.61 Å². The fourth-order valence-corrected chi connectivity index (χ4v) is 1.65. The van der Waals surface area contributed by atoms with Crippen LogP contribution in [0.1, 0.15) is 12.8 Å². The van der Waals surface area contributed by atoms with Gasteiger partial charge < -0.3 is 9.64 Å². The molecule has 1 fully saturated rings. The first-order chi connectivity index (χ1) is 6.22. The molecule has 1 rings (SSSR count). The highest BCUT2D eigenvalue weighted by Crippen LogP contribution is 2.17. The molecule has 3 nitrogen and oxygen atoms in total. The average Bonchev–Trinajstić information content (AvgIpc) is 2.51. The number of carbonyl (C=O) groups excluding carboxylic acids is 1. The molecule has 74 valence electrons. The highest BCUT2D eigenvalue weighted by Gasteiger charge is 2.18. The van der Waals surface area contributed by atoms with E-state index in [1.165, 1.54) is 19.0 Å². The third-order valence-corrected chi connectivity index (χ3v) is 2.43. The van der Waals surface area contributed by atoms with Crippen molar-refractivity contribution >= 4 is 5.97 Å². The lowest BCUT2D eigenvalue weighted by Gasteiger charge is -2.09. The topological polar surface area (TPSA) is 29.5 Å². The zero-order chi connectivity index (χ0) is 9.68. The molecule has 1 saturated heterocycles. The van der Waals surface area contributed by atoms with E-state index in [9.17, 15) is 4.79 Å². The minimum Gasteiger partial charge on any atom is -0.463 e. The first kappa shape index (κ1) is 10.3. The van der Waals surface area contributed by atoms with E-state index in [-0.39, 0.29) is 5.97 Å². The first-order valence-corrected chi connectivity index (χ1v) is 4.70. The Labute approximate surface area is 79.4 Å². The second-order valence-corrected chi connectivity index (χ2v) is 3.58. The van der Waals surface area contributed by atoms with E-state index < -0.39 is 0 Å². The van der Waals surface area contributed by atoms with Crippen LogP contribution in [0.2, 0.25) is 0 Å². The molecule has 0 aromatic heterocycles. The number of rotatable bonds is 4. The summed E-state index contributed by atoms with van der Waals surface area (Å²) in [6.07, 6.45) is 3.41. The smallest absolute Gasteiger partial charge is 0.330 e. The van der Waals surface area contributed by atoms with Crippen LogP contribution in [0.5, 0.6) is 0 Å². The standard InChI is InChI=1S/C10H17NO2/c1-3-10(12)13-7-5-9-4-6-11(2)8-9/h3,9H,1,4-8H2,2H3. The van der Waals surface area contributed by atoms with Gasteiger partial charge in [-0.1, -0.05) is 6.58 Å². The lowest BCUT2D eigenvalue weighted by Crippen LogP contribution is -2.15. The van der Waals surface area contributed by atoms with Gasteiger partial charge in [0.25, 0.3) is 0 Å². The van der Waals surface area contributed by atoms with Gasteiger partial charge in [0.1, 0.15) is 0 Å². The zero-order valence-electron chi connectivity index (χ0n) is 8.16. The molecule has 3 heteroatoms. The van der Waals surface area contributed by atoms with Gasteiger partial charge in [0.2, 0.25) is 0 Å². The summed E-state index contributed by atoms with van der Waals surface area (Å²) in [5.74, 6) is 0.383.